The van der Waals surface area contributed by atoms with Crippen LogP contribution in [-0.2, 0) is 0 Å². The molecule has 0 aliphatic carbocycles. The maximum Gasteiger partial charge on any atom is 0.123 e. The van der Waals surface area contributed by atoms with Crippen molar-refractivity contribution in [3.05, 3.63) is 59.1 Å². The molecule has 0 fully saturated rings. The van der Waals surface area contributed by atoms with E-state index >= 15 is 0 Å². The van der Waals surface area contributed by atoms with Crippen LogP contribution in [0.25, 0.3) is 0 Å². The van der Waals surface area contributed by atoms with E-state index in [9.17, 15) is 5.11 Å². The standard InChI is InChI=1S/C15H16ClNO2/c16-13-4-1-3-11(7-13)12(9-17)10-19-15-6-2-5-14(18)8-15/h1-8,12,18H,9-10,17H2. The second-order valence-electron chi connectivity index (χ2n) is 4.30. The summed E-state index contributed by atoms with van der Waals surface area (Å²) in [6, 6.07) is 14.3. The van der Waals surface area contributed by atoms with Gasteiger partial charge in [0.25, 0.3) is 0 Å². The molecule has 0 saturated carbocycles. The number of hydrogen-bond donors (Lipinski definition) is 2. The summed E-state index contributed by atoms with van der Waals surface area (Å²) in [5, 5.41) is 10.1. The van der Waals surface area contributed by atoms with Crippen LogP contribution in [0.3, 0.4) is 0 Å². The SMILES string of the molecule is NCC(COc1cccc(O)c1)c1cccc(Cl)c1. The molecule has 0 amide bonds. The minimum atomic E-state index is 0.0704. The van der Waals surface area contributed by atoms with E-state index in [0.717, 1.165) is 5.56 Å². The van der Waals surface area contributed by atoms with Crippen LogP contribution in [-0.4, -0.2) is 18.3 Å². The molecule has 3 nitrogen and oxygen atoms in total. The molecule has 0 aliphatic rings. The largest absolute Gasteiger partial charge is 0.508 e. The van der Waals surface area contributed by atoms with Crippen molar-refractivity contribution in [2.24, 2.45) is 5.73 Å². The molecule has 19 heavy (non-hydrogen) atoms. The monoisotopic (exact) mass is 277 g/mol. The summed E-state index contributed by atoms with van der Waals surface area (Å²) in [6.45, 7) is 0.916. The summed E-state index contributed by atoms with van der Waals surface area (Å²) >= 11 is 5.97. The van der Waals surface area contributed by atoms with Crippen LogP contribution >= 0.6 is 11.6 Å². The van der Waals surface area contributed by atoms with E-state index < -0.39 is 0 Å². The molecule has 0 heterocycles. The number of phenolic OH excluding ortho intramolecular Hbond substituents is 1. The summed E-state index contributed by atoms with van der Waals surface area (Å²) < 4.78 is 5.65. The van der Waals surface area contributed by atoms with E-state index in [-0.39, 0.29) is 11.7 Å². The first-order valence-corrected chi connectivity index (χ1v) is 6.44. The van der Waals surface area contributed by atoms with E-state index in [1.807, 2.05) is 24.3 Å². The van der Waals surface area contributed by atoms with Gasteiger partial charge in [0.05, 0.1) is 6.61 Å². The number of hydrogen-bond acceptors (Lipinski definition) is 3. The van der Waals surface area contributed by atoms with Gasteiger partial charge in [-0.3, -0.25) is 0 Å². The Morgan fingerprint density at radius 3 is 2.63 bits per heavy atom. The zero-order chi connectivity index (χ0) is 13.7. The van der Waals surface area contributed by atoms with Gasteiger partial charge in [0.1, 0.15) is 11.5 Å². The van der Waals surface area contributed by atoms with Crippen molar-refractivity contribution in [2.75, 3.05) is 13.2 Å². The van der Waals surface area contributed by atoms with Gasteiger partial charge in [-0.25, -0.2) is 0 Å². The van der Waals surface area contributed by atoms with Gasteiger partial charge in [-0.15, -0.1) is 0 Å². The highest BCUT2D eigenvalue weighted by molar-refractivity contribution is 6.30. The van der Waals surface area contributed by atoms with Gasteiger partial charge < -0.3 is 15.6 Å². The highest BCUT2D eigenvalue weighted by atomic mass is 35.5. The molecular weight excluding hydrogens is 262 g/mol. The molecule has 4 heteroatoms. The minimum absolute atomic E-state index is 0.0704. The predicted molar refractivity (Wildman–Crippen MR) is 76.8 cm³/mol. The Labute approximate surface area is 117 Å². The topological polar surface area (TPSA) is 55.5 Å². The van der Waals surface area contributed by atoms with Crippen molar-refractivity contribution in [3.63, 3.8) is 0 Å². The fraction of sp³-hybridized carbons (Fsp3) is 0.200. The first-order valence-electron chi connectivity index (χ1n) is 6.06. The average Bonchev–Trinajstić information content (AvgIpc) is 2.40. The predicted octanol–water partition coefficient (Wildman–Crippen LogP) is 3.17. The van der Waals surface area contributed by atoms with Crippen LogP contribution in [0.1, 0.15) is 11.5 Å². The minimum Gasteiger partial charge on any atom is -0.508 e. The van der Waals surface area contributed by atoms with Gasteiger partial charge in [-0.1, -0.05) is 29.8 Å². The van der Waals surface area contributed by atoms with Crippen molar-refractivity contribution in [2.45, 2.75) is 5.92 Å². The Balaban J connectivity index is 2.04. The van der Waals surface area contributed by atoms with Crippen LogP contribution in [0.2, 0.25) is 5.02 Å². The third-order valence-corrected chi connectivity index (χ3v) is 3.11. The second kappa shape index (κ2) is 6.45. The van der Waals surface area contributed by atoms with Gasteiger partial charge in [-0.2, -0.15) is 0 Å². The lowest BCUT2D eigenvalue weighted by Crippen LogP contribution is -2.19. The maximum absolute atomic E-state index is 9.37. The summed E-state index contributed by atoms with van der Waals surface area (Å²) in [5.74, 6) is 0.881. The van der Waals surface area contributed by atoms with Crippen LogP contribution in [0.15, 0.2) is 48.5 Å². The lowest BCUT2D eigenvalue weighted by molar-refractivity contribution is 0.289. The van der Waals surface area contributed by atoms with Gasteiger partial charge in [-0.05, 0) is 29.8 Å². The summed E-state index contributed by atoms with van der Waals surface area (Å²) in [7, 11) is 0. The Kier molecular flexibility index (Phi) is 4.66. The summed E-state index contributed by atoms with van der Waals surface area (Å²) in [5.41, 5.74) is 6.83. The molecule has 0 spiro atoms. The fourth-order valence-corrected chi connectivity index (χ4v) is 2.03. The first kappa shape index (κ1) is 13.7. The smallest absolute Gasteiger partial charge is 0.123 e. The van der Waals surface area contributed by atoms with Gasteiger partial charge in [0.15, 0.2) is 0 Å². The Morgan fingerprint density at radius 1 is 1.16 bits per heavy atom. The molecule has 2 rings (SSSR count). The normalized spacial score (nSPS) is 12.1. The Hall–Kier alpha value is -1.71. The highest BCUT2D eigenvalue weighted by Gasteiger charge is 2.11. The lowest BCUT2D eigenvalue weighted by atomic mass is 10.0. The molecule has 0 aromatic heterocycles. The van der Waals surface area contributed by atoms with E-state index in [0.29, 0.717) is 23.9 Å². The van der Waals surface area contributed by atoms with E-state index in [1.54, 1.807) is 24.3 Å². The highest BCUT2D eigenvalue weighted by Crippen LogP contribution is 2.22. The summed E-state index contributed by atoms with van der Waals surface area (Å²) in [4.78, 5) is 0. The number of halogens is 1. The van der Waals surface area contributed by atoms with Gasteiger partial charge in [0, 0.05) is 23.6 Å². The van der Waals surface area contributed by atoms with Crippen molar-refractivity contribution in [1.29, 1.82) is 0 Å². The van der Waals surface area contributed by atoms with E-state index in [1.165, 1.54) is 0 Å². The lowest BCUT2D eigenvalue weighted by Gasteiger charge is -2.16. The Morgan fingerprint density at radius 2 is 1.95 bits per heavy atom. The van der Waals surface area contributed by atoms with Crippen molar-refractivity contribution in [1.82, 2.24) is 0 Å². The van der Waals surface area contributed by atoms with E-state index in [4.69, 9.17) is 22.1 Å². The fourth-order valence-electron chi connectivity index (χ4n) is 1.83. The van der Waals surface area contributed by atoms with Crippen LogP contribution in [0, 0.1) is 0 Å². The molecule has 0 saturated heterocycles. The zero-order valence-corrected chi connectivity index (χ0v) is 11.2. The molecular formula is C15H16ClNO2. The molecule has 100 valence electrons. The van der Waals surface area contributed by atoms with E-state index in [2.05, 4.69) is 0 Å². The molecule has 1 unspecified atom stereocenters. The number of benzene rings is 2. The van der Waals surface area contributed by atoms with Crippen molar-refractivity contribution in [3.8, 4) is 11.5 Å². The van der Waals surface area contributed by atoms with Crippen LogP contribution in [0.4, 0.5) is 0 Å². The molecule has 0 radical (unpaired) electrons. The van der Waals surface area contributed by atoms with Crippen LogP contribution in [0.5, 0.6) is 11.5 Å². The van der Waals surface area contributed by atoms with Crippen molar-refractivity contribution < 1.29 is 9.84 Å². The molecule has 2 aromatic rings. The van der Waals surface area contributed by atoms with Gasteiger partial charge >= 0.3 is 0 Å². The molecule has 0 aliphatic heterocycles. The molecule has 1 atom stereocenters. The number of rotatable bonds is 5. The zero-order valence-electron chi connectivity index (χ0n) is 10.4. The third-order valence-electron chi connectivity index (χ3n) is 2.87. The third kappa shape index (κ3) is 3.88. The summed E-state index contributed by atoms with van der Waals surface area (Å²) in [6.07, 6.45) is 0. The average molecular weight is 278 g/mol. The van der Waals surface area contributed by atoms with Gasteiger partial charge in [0.2, 0.25) is 0 Å². The molecule has 0 bridgehead atoms. The maximum atomic E-state index is 9.37. The van der Waals surface area contributed by atoms with Crippen molar-refractivity contribution >= 4 is 11.6 Å². The number of nitrogens with two attached hydrogens (primary N) is 1. The first-order chi connectivity index (χ1) is 9.19. The molecule has 2 aromatic carbocycles. The number of ether oxygens (including phenoxy) is 1. The second-order valence-corrected chi connectivity index (χ2v) is 4.73. The van der Waals surface area contributed by atoms with Crippen LogP contribution < -0.4 is 10.5 Å². The Bertz CT molecular complexity index is 545. The number of aromatic hydroxyl groups is 1. The molecule has 3 N–H and O–H groups in total. The number of phenols is 1. The quantitative estimate of drug-likeness (QED) is 0.883.